The molecule has 1 amide bonds. The van der Waals surface area contributed by atoms with E-state index >= 15 is 0 Å². The summed E-state index contributed by atoms with van der Waals surface area (Å²) in [4.78, 5) is 13.8. The topological polar surface area (TPSA) is 81.0 Å². The summed E-state index contributed by atoms with van der Waals surface area (Å²) in [6, 6.07) is 25.3. The molecule has 0 unspecified atom stereocenters. The Labute approximate surface area is 214 Å². The fourth-order valence-corrected chi connectivity index (χ4v) is 4.82. The van der Waals surface area contributed by atoms with Gasteiger partial charge in [0, 0.05) is 34.8 Å². The van der Waals surface area contributed by atoms with Crippen LogP contribution in [0.3, 0.4) is 0 Å². The number of nitrogens with zero attached hydrogens (tertiary/aromatic N) is 1. The van der Waals surface area contributed by atoms with Gasteiger partial charge in [-0.1, -0.05) is 54.1 Å². The van der Waals surface area contributed by atoms with E-state index in [0.717, 1.165) is 27.9 Å². The van der Waals surface area contributed by atoms with Gasteiger partial charge in [-0.15, -0.1) is 0 Å². The molecule has 0 saturated carbocycles. The van der Waals surface area contributed by atoms with Crippen molar-refractivity contribution in [2.45, 2.75) is 25.4 Å². The standard InChI is InChI=1S/C30H26ClNO4/c31-22-5-3-4-21(16-22)27(33)13-9-19-17-23(32-15-14-30(32)36)10-12-24(19)20-8-11-26(29(35)18-20)25-6-1-2-7-28(25)34/h1-8,10-12,16-18,27,33-35H,9,13-15H2/t27-/m0/s1. The number of benzene rings is 4. The molecule has 0 bridgehead atoms. The van der Waals surface area contributed by atoms with Gasteiger partial charge in [-0.05, 0) is 77.6 Å². The van der Waals surface area contributed by atoms with E-state index < -0.39 is 6.10 Å². The number of aliphatic hydroxyl groups excluding tert-OH is 1. The number of carbonyl (C=O) groups excluding carboxylic acids is 1. The van der Waals surface area contributed by atoms with Crippen molar-refractivity contribution in [1.82, 2.24) is 0 Å². The largest absolute Gasteiger partial charge is 0.507 e. The molecule has 182 valence electrons. The average molecular weight is 500 g/mol. The van der Waals surface area contributed by atoms with Gasteiger partial charge in [-0.25, -0.2) is 0 Å². The number of para-hydroxylation sites is 1. The Morgan fingerprint density at radius 1 is 0.833 bits per heavy atom. The number of phenolic OH excluding ortho intramolecular Hbond substituents is 2. The van der Waals surface area contributed by atoms with Gasteiger partial charge < -0.3 is 20.2 Å². The Kier molecular flexibility index (Phi) is 6.68. The number of aromatic hydroxyl groups is 2. The predicted molar refractivity (Wildman–Crippen MR) is 142 cm³/mol. The van der Waals surface area contributed by atoms with E-state index in [1.165, 1.54) is 0 Å². The van der Waals surface area contributed by atoms with E-state index in [1.807, 2.05) is 42.5 Å². The molecular weight excluding hydrogens is 474 g/mol. The summed E-state index contributed by atoms with van der Waals surface area (Å²) < 4.78 is 0. The SMILES string of the molecule is O=C1CCN1c1ccc(-c2ccc(-c3ccccc3O)c(O)c2)c(CC[C@H](O)c2cccc(Cl)c2)c1. The number of amides is 1. The Morgan fingerprint density at radius 2 is 1.61 bits per heavy atom. The maximum atomic E-state index is 12.0. The Morgan fingerprint density at radius 3 is 2.31 bits per heavy atom. The predicted octanol–water partition coefficient (Wildman–Crippen LogP) is 6.49. The first-order valence-corrected chi connectivity index (χ1v) is 12.3. The van der Waals surface area contributed by atoms with E-state index in [4.69, 9.17) is 11.6 Å². The number of rotatable bonds is 7. The van der Waals surface area contributed by atoms with E-state index in [0.29, 0.717) is 42.0 Å². The normalized spacial score (nSPS) is 13.9. The Hall–Kier alpha value is -3.80. The fraction of sp³-hybridized carbons (Fsp3) is 0.167. The second-order valence-electron chi connectivity index (χ2n) is 9.00. The number of phenols is 2. The van der Waals surface area contributed by atoms with Gasteiger partial charge in [0.1, 0.15) is 11.5 Å². The van der Waals surface area contributed by atoms with Crippen LogP contribution in [0, 0.1) is 0 Å². The van der Waals surface area contributed by atoms with Crippen LogP contribution in [-0.2, 0) is 11.2 Å². The molecule has 5 nitrogen and oxygen atoms in total. The van der Waals surface area contributed by atoms with Gasteiger partial charge in [0.2, 0.25) is 5.91 Å². The van der Waals surface area contributed by atoms with Crippen molar-refractivity contribution in [3.63, 3.8) is 0 Å². The third-order valence-corrected chi connectivity index (χ3v) is 6.91. The highest BCUT2D eigenvalue weighted by atomic mass is 35.5. The van der Waals surface area contributed by atoms with E-state index in [9.17, 15) is 20.1 Å². The average Bonchev–Trinajstić information content (AvgIpc) is 2.87. The lowest BCUT2D eigenvalue weighted by Crippen LogP contribution is -2.43. The highest BCUT2D eigenvalue weighted by molar-refractivity contribution is 6.30. The number of hydrogen-bond donors (Lipinski definition) is 3. The summed E-state index contributed by atoms with van der Waals surface area (Å²) in [5.74, 6) is 0.248. The molecule has 3 N–H and O–H groups in total. The van der Waals surface area contributed by atoms with Crippen molar-refractivity contribution in [2.75, 3.05) is 11.4 Å². The second-order valence-corrected chi connectivity index (χ2v) is 9.43. The molecule has 1 aliphatic heterocycles. The first-order valence-electron chi connectivity index (χ1n) is 11.9. The lowest BCUT2D eigenvalue weighted by molar-refractivity contribution is -0.122. The van der Waals surface area contributed by atoms with Crippen molar-refractivity contribution in [3.05, 3.63) is 101 Å². The summed E-state index contributed by atoms with van der Waals surface area (Å²) >= 11 is 6.10. The zero-order chi connectivity index (χ0) is 25.2. The van der Waals surface area contributed by atoms with Crippen molar-refractivity contribution < 1.29 is 20.1 Å². The van der Waals surface area contributed by atoms with Gasteiger partial charge in [0.05, 0.1) is 6.10 Å². The third-order valence-electron chi connectivity index (χ3n) is 6.67. The van der Waals surface area contributed by atoms with Gasteiger partial charge >= 0.3 is 0 Å². The lowest BCUT2D eigenvalue weighted by atomic mass is 9.92. The number of carbonyl (C=O) groups is 1. The molecule has 4 aromatic rings. The Bertz CT molecular complexity index is 1430. The fourth-order valence-electron chi connectivity index (χ4n) is 4.63. The van der Waals surface area contributed by atoms with Gasteiger partial charge in [0.15, 0.2) is 0 Å². The summed E-state index contributed by atoms with van der Waals surface area (Å²) in [5.41, 5.74) is 5.35. The summed E-state index contributed by atoms with van der Waals surface area (Å²) in [6.07, 6.45) is 0.877. The molecule has 5 rings (SSSR count). The van der Waals surface area contributed by atoms with E-state index in [1.54, 1.807) is 47.4 Å². The van der Waals surface area contributed by atoms with E-state index in [-0.39, 0.29) is 17.4 Å². The van der Waals surface area contributed by atoms with Crippen LogP contribution in [0.1, 0.15) is 30.1 Å². The first-order chi connectivity index (χ1) is 17.4. The molecule has 0 aromatic heterocycles. The first kappa shape index (κ1) is 23.9. The highest BCUT2D eigenvalue weighted by Gasteiger charge is 2.26. The molecule has 0 radical (unpaired) electrons. The number of hydrogen-bond acceptors (Lipinski definition) is 4. The molecule has 1 atom stereocenters. The lowest BCUT2D eigenvalue weighted by Gasteiger charge is -2.31. The molecule has 36 heavy (non-hydrogen) atoms. The van der Waals surface area contributed by atoms with Crippen LogP contribution < -0.4 is 4.90 Å². The number of aliphatic hydroxyl groups is 1. The van der Waals surface area contributed by atoms with Crippen LogP contribution >= 0.6 is 11.6 Å². The quantitative estimate of drug-likeness (QED) is 0.254. The molecule has 0 aliphatic carbocycles. The minimum Gasteiger partial charge on any atom is -0.507 e. The minimum absolute atomic E-state index is 0.0564. The number of halogens is 1. The summed E-state index contributed by atoms with van der Waals surface area (Å²) in [7, 11) is 0. The second kappa shape index (κ2) is 10.1. The molecule has 4 aromatic carbocycles. The molecule has 6 heteroatoms. The molecule has 1 heterocycles. The van der Waals surface area contributed by atoms with Crippen molar-refractivity contribution in [3.8, 4) is 33.8 Å². The van der Waals surface area contributed by atoms with Crippen LogP contribution in [0.25, 0.3) is 22.3 Å². The zero-order valence-electron chi connectivity index (χ0n) is 19.6. The maximum Gasteiger partial charge on any atom is 0.228 e. The van der Waals surface area contributed by atoms with Crippen molar-refractivity contribution in [1.29, 1.82) is 0 Å². The van der Waals surface area contributed by atoms with Crippen molar-refractivity contribution in [2.24, 2.45) is 0 Å². The molecular formula is C30H26ClNO4. The summed E-state index contributed by atoms with van der Waals surface area (Å²) in [5, 5.41) is 32.4. The third kappa shape index (κ3) is 4.81. The Balaban J connectivity index is 1.48. The molecule has 1 fully saturated rings. The van der Waals surface area contributed by atoms with Crippen LogP contribution in [0.4, 0.5) is 5.69 Å². The van der Waals surface area contributed by atoms with Crippen LogP contribution in [0.15, 0.2) is 84.9 Å². The smallest absolute Gasteiger partial charge is 0.228 e. The van der Waals surface area contributed by atoms with E-state index in [2.05, 4.69) is 0 Å². The number of β-lactam (4-membered cyclic amide) rings is 1. The number of anilines is 1. The zero-order valence-corrected chi connectivity index (χ0v) is 20.3. The van der Waals surface area contributed by atoms with Gasteiger partial charge in [-0.3, -0.25) is 4.79 Å². The van der Waals surface area contributed by atoms with Gasteiger partial charge in [-0.2, -0.15) is 0 Å². The monoisotopic (exact) mass is 499 g/mol. The van der Waals surface area contributed by atoms with Crippen molar-refractivity contribution >= 4 is 23.2 Å². The summed E-state index contributed by atoms with van der Waals surface area (Å²) in [6.45, 7) is 0.693. The molecule has 1 saturated heterocycles. The molecule has 1 aliphatic rings. The van der Waals surface area contributed by atoms with Crippen LogP contribution in [0.2, 0.25) is 5.02 Å². The van der Waals surface area contributed by atoms with Crippen LogP contribution in [0.5, 0.6) is 11.5 Å². The number of aryl methyl sites for hydroxylation is 1. The molecule has 0 spiro atoms. The minimum atomic E-state index is -0.692. The van der Waals surface area contributed by atoms with Crippen LogP contribution in [-0.4, -0.2) is 27.8 Å². The highest BCUT2D eigenvalue weighted by Crippen LogP contribution is 2.39. The maximum absolute atomic E-state index is 12.0. The van der Waals surface area contributed by atoms with Gasteiger partial charge in [0.25, 0.3) is 0 Å².